The molecule has 1 amide bonds. The van der Waals surface area contributed by atoms with E-state index in [-0.39, 0.29) is 11.6 Å². The van der Waals surface area contributed by atoms with Gasteiger partial charge in [0.25, 0.3) is 5.91 Å². The van der Waals surface area contributed by atoms with E-state index in [1.165, 1.54) is 13.3 Å². The minimum Gasteiger partial charge on any atom is -0.399 e. The number of carbonyl (C=O) groups excluding carboxylic acids is 1. The zero-order valence-corrected chi connectivity index (χ0v) is 17.1. The molecule has 0 spiro atoms. The predicted molar refractivity (Wildman–Crippen MR) is 118 cm³/mol. The highest BCUT2D eigenvalue weighted by Crippen LogP contribution is 2.24. The standard InChI is InChI=1S/C23H20N6O2/c1-16(28-31-2)18-8-9-22(29-11-10-24-15-29)19(12-18)27-23(30)21-14-25-13-20(26-21)17-6-4-3-5-7-17/h3-15H,1-2H3,(H,27,30)/b28-16+. The minimum atomic E-state index is -0.370. The third kappa shape index (κ3) is 4.48. The van der Waals surface area contributed by atoms with Gasteiger partial charge in [0.1, 0.15) is 12.8 Å². The van der Waals surface area contributed by atoms with Crippen molar-refractivity contribution in [2.75, 3.05) is 12.4 Å². The van der Waals surface area contributed by atoms with Crippen LogP contribution in [0.1, 0.15) is 23.0 Å². The van der Waals surface area contributed by atoms with Crippen LogP contribution in [0.3, 0.4) is 0 Å². The normalized spacial score (nSPS) is 11.2. The smallest absolute Gasteiger partial charge is 0.275 e. The highest BCUT2D eigenvalue weighted by Gasteiger charge is 2.15. The summed E-state index contributed by atoms with van der Waals surface area (Å²) in [5, 5.41) is 6.92. The molecular weight excluding hydrogens is 392 g/mol. The second-order valence-corrected chi connectivity index (χ2v) is 6.67. The Hall–Kier alpha value is -4.33. The summed E-state index contributed by atoms with van der Waals surface area (Å²) in [7, 11) is 1.49. The van der Waals surface area contributed by atoms with Crippen LogP contribution in [0.4, 0.5) is 5.69 Å². The summed E-state index contributed by atoms with van der Waals surface area (Å²) in [5.41, 5.74) is 4.55. The maximum atomic E-state index is 13.0. The average molecular weight is 412 g/mol. The number of hydrogen-bond donors (Lipinski definition) is 1. The Balaban J connectivity index is 1.69. The van der Waals surface area contributed by atoms with Crippen molar-refractivity contribution < 1.29 is 9.63 Å². The maximum Gasteiger partial charge on any atom is 0.275 e. The van der Waals surface area contributed by atoms with Gasteiger partial charge in [0, 0.05) is 23.5 Å². The number of benzene rings is 2. The van der Waals surface area contributed by atoms with Crippen molar-refractivity contribution in [1.29, 1.82) is 0 Å². The molecule has 0 bridgehead atoms. The summed E-state index contributed by atoms with van der Waals surface area (Å²) in [6.07, 6.45) is 8.22. The number of nitrogens with one attached hydrogen (secondary N) is 1. The molecule has 2 aromatic heterocycles. The predicted octanol–water partition coefficient (Wildman–Crippen LogP) is 3.95. The zero-order valence-electron chi connectivity index (χ0n) is 17.1. The molecule has 1 N–H and O–H groups in total. The van der Waals surface area contributed by atoms with Crippen LogP contribution in [0.5, 0.6) is 0 Å². The summed E-state index contributed by atoms with van der Waals surface area (Å²) in [4.78, 5) is 30.7. The first-order valence-electron chi connectivity index (χ1n) is 9.55. The van der Waals surface area contributed by atoms with Gasteiger partial charge in [0.15, 0.2) is 0 Å². The Morgan fingerprint density at radius 2 is 1.94 bits per heavy atom. The third-order valence-corrected chi connectivity index (χ3v) is 4.61. The number of nitrogens with zero attached hydrogens (tertiary/aromatic N) is 5. The fourth-order valence-corrected chi connectivity index (χ4v) is 3.09. The van der Waals surface area contributed by atoms with Crippen molar-refractivity contribution in [2.24, 2.45) is 5.16 Å². The van der Waals surface area contributed by atoms with Gasteiger partial charge in [-0.1, -0.05) is 41.6 Å². The van der Waals surface area contributed by atoms with Gasteiger partial charge in [-0.2, -0.15) is 0 Å². The zero-order chi connectivity index (χ0) is 21.6. The molecular formula is C23H20N6O2. The van der Waals surface area contributed by atoms with Crippen LogP contribution in [-0.4, -0.2) is 38.2 Å². The van der Waals surface area contributed by atoms with Gasteiger partial charge in [-0.15, -0.1) is 0 Å². The molecule has 0 aliphatic heterocycles. The van der Waals surface area contributed by atoms with Crippen molar-refractivity contribution >= 4 is 17.3 Å². The number of oxime groups is 1. The molecule has 4 aromatic rings. The molecule has 0 atom stereocenters. The van der Waals surface area contributed by atoms with Gasteiger partial charge >= 0.3 is 0 Å². The van der Waals surface area contributed by atoms with E-state index in [9.17, 15) is 4.79 Å². The number of aromatic nitrogens is 4. The van der Waals surface area contributed by atoms with Crippen LogP contribution in [0.25, 0.3) is 16.9 Å². The number of rotatable bonds is 6. The molecule has 31 heavy (non-hydrogen) atoms. The van der Waals surface area contributed by atoms with Gasteiger partial charge < -0.3 is 14.7 Å². The molecule has 2 heterocycles. The molecule has 0 fully saturated rings. The van der Waals surface area contributed by atoms with Crippen molar-refractivity contribution in [1.82, 2.24) is 19.5 Å². The summed E-state index contributed by atoms with van der Waals surface area (Å²) in [5.74, 6) is -0.370. The second kappa shape index (κ2) is 9.00. The lowest BCUT2D eigenvalue weighted by Crippen LogP contribution is -2.16. The Kier molecular flexibility index (Phi) is 5.79. The third-order valence-electron chi connectivity index (χ3n) is 4.61. The topological polar surface area (TPSA) is 94.3 Å². The Bertz CT molecular complexity index is 1220. The van der Waals surface area contributed by atoms with Crippen LogP contribution in [0, 0.1) is 0 Å². The van der Waals surface area contributed by atoms with Crippen molar-refractivity contribution in [3.8, 4) is 16.9 Å². The van der Waals surface area contributed by atoms with Gasteiger partial charge in [-0.05, 0) is 19.1 Å². The van der Waals surface area contributed by atoms with Crippen LogP contribution in [0.2, 0.25) is 0 Å². The highest BCUT2D eigenvalue weighted by molar-refractivity contribution is 6.06. The first-order chi connectivity index (χ1) is 15.2. The van der Waals surface area contributed by atoms with E-state index in [1.54, 1.807) is 24.9 Å². The fraction of sp³-hybridized carbons (Fsp3) is 0.0870. The SMILES string of the molecule is CO/N=C(\C)c1ccc(-n2ccnc2)c(NC(=O)c2cncc(-c3ccccc3)n2)c1. The number of carbonyl (C=O) groups is 1. The minimum absolute atomic E-state index is 0.214. The van der Waals surface area contributed by atoms with E-state index in [0.29, 0.717) is 17.1 Å². The summed E-state index contributed by atoms with van der Waals surface area (Å²) < 4.78 is 1.81. The highest BCUT2D eigenvalue weighted by atomic mass is 16.6. The lowest BCUT2D eigenvalue weighted by molar-refractivity contribution is 0.102. The lowest BCUT2D eigenvalue weighted by atomic mass is 10.1. The molecule has 0 radical (unpaired) electrons. The van der Waals surface area contributed by atoms with Gasteiger partial charge in [-0.25, -0.2) is 9.97 Å². The lowest BCUT2D eigenvalue weighted by Gasteiger charge is -2.14. The van der Waals surface area contributed by atoms with Crippen molar-refractivity contribution in [3.05, 3.63) is 90.9 Å². The molecule has 8 nitrogen and oxygen atoms in total. The number of anilines is 1. The van der Waals surface area contributed by atoms with Crippen LogP contribution in [-0.2, 0) is 4.84 Å². The summed E-state index contributed by atoms with van der Waals surface area (Å²) in [6, 6.07) is 15.2. The molecule has 0 aliphatic carbocycles. The Morgan fingerprint density at radius 1 is 1.10 bits per heavy atom. The largest absolute Gasteiger partial charge is 0.399 e. The first kappa shape index (κ1) is 20.0. The quantitative estimate of drug-likeness (QED) is 0.382. The summed E-state index contributed by atoms with van der Waals surface area (Å²) in [6.45, 7) is 1.83. The van der Waals surface area contributed by atoms with Gasteiger partial charge in [0.2, 0.25) is 0 Å². The maximum absolute atomic E-state index is 13.0. The number of imidazole rings is 1. The van der Waals surface area contributed by atoms with E-state index in [2.05, 4.69) is 25.4 Å². The van der Waals surface area contributed by atoms with Crippen LogP contribution < -0.4 is 5.32 Å². The molecule has 0 aliphatic rings. The van der Waals surface area contributed by atoms with E-state index in [4.69, 9.17) is 4.84 Å². The molecule has 4 rings (SSSR count). The Labute approximate surface area is 179 Å². The van der Waals surface area contributed by atoms with Crippen molar-refractivity contribution in [3.63, 3.8) is 0 Å². The van der Waals surface area contributed by atoms with E-state index in [0.717, 1.165) is 16.8 Å². The molecule has 2 aromatic carbocycles. The molecule has 8 heteroatoms. The van der Waals surface area contributed by atoms with Gasteiger partial charge in [0.05, 0.1) is 41.5 Å². The number of amides is 1. The van der Waals surface area contributed by atoms with Gasteiger partial charge in [-0.3, -0.25) is 9.78 Å². The molecule has 0 saturated carbocycles. The molecule has 154 valence electrons. The number of hydrogen-bond acceptors (Lipinski definition) is 6. The van der Waals surface area contributed by atoms with Crippen LogP contribution in [0.15, 0.2) is 84.8 Å². The average Bonchev–Trinajstić information content (AvgIpc) is 3.34. The summed E-state index contributed by atoms with van der Waals surface area (Å²) >= 11 is 0. The van der Waals surface area contributed by atoms with Crippen molar-refractivity contribution in [2.45, 2.75) is 6.92 Å². The second-order valence-electron chi connectivity index (χ2n) is 6.67. The van der Waals surface area contributed by atoms with E-state index in [1.807, 2.05) is 60.0 Å². The van der Waals surface area contributed by atoms with E-state index < -0.39 is 0 Å². The van der Waals surface area contributed by atoms with Crippen LogP contribution >= 0.6 is 0 Å². The van der Waals surface area contributed by atoms with E-state index >= 15 is 0 Å². The fourth-order valence-electron chi connectivity index (χ4n) is 3.09. The Morgan fingerprint density at radius 3 is 2.68 bits per heavy atom. The molecule has 0 saturated heterocycles. The monoisotopic (exact) mass is 412 g/mol. The first-order valence-corrected chi connectivity index (χ1v) is 9.55. The molecule has 0 unspecified atom stereocenters.